The number of hydrogen-bond donors (Lipinski definition) is 1. The number of rotatable bonds is 4. The molecule has 0 spiro atoms. The third-order valence-electron chi connectivity index (χ3n) is 3.22. The first kappa shape index (κ1) is 14.3. The van der Waals surface area contributed by atoms with Crippen LogP contribution in [-0.4, -0.2) is 7.11 Å². The van der Waals surface area contributed by atoms with Gasteiger partial charge in [0.1, 0.15) is 17.4 Å². The number of nitrogens with one attached hydrogen (secondary N) is 1. The van der Waals surface area contributed by atoms with E-state index < -0.39 is 0 Å². The molecule has 1 unspecified atom stereocenters. The van der Waals surface area contributed by atoms with Gasteiger partial charge in [0.15, 0.2) is 0 Å². The fraction of sp³-hybridized carbons (Fsp3) is 0.250. The molecule has 0 saturated heterocycles. The van der Waals surface area contributed by atoms with Crippen molar-refractivity contribution < 1.29 is 13.5 Å². The lowest BCUT2D eigenvalue weighted by atomic mass is 10.1. The zero-order valence-corrected chi connectivity index (χ0v) is 11.7. The Hall–Kier alpha value is -2.10. The second kappa shape index (κ2) is 5.90. The molecular formula is C16H17F2NO. The van der Waals surface area contributed by atoms with Crippen molar-refractivity contribution in [1.82, 2.24) is 0 Å². The summed E-state index contributed by atoms with van der Waals surface area (Å²) in [5, 5.41) is 3.16. The summed E-state index contributed by atoms with van der Waals surface area (Å²) in [5.41, 5.74) is 1.84. The van der Waals surface area contributed by atoms with E-state index in [4.69, 9.17) is 4.74 Å². The van der Waals surface area contributed by atoms with E-state index >= 15 is 0 Å². The highest BCUT2D eigenvalue weighted by Gasteiger charge is 2.12. The van der Waals surface area contributed by atoms with Crippen LogP contribution < -0.4 is 10.1 Å². The number of ether oxygens (including phenoxy) is 1. The van der Waals surface area contributed by atoms with Gasteiger partial charge in [0, 0.05) is 17.3 Å². The van der Waals surface area contributed by atoms with Gasteiger partial charge < -0.3 is 10.1 Å². The maximum Gasteiger partial charge on any atom is 0.132 e. The third kappa shape index (κ3) is 3.07. The lowest BCUT2D eigenvalue weighted by Crippen LogP contribution is -2.09. The molecule has 2 aromatic rings. The van der Waals surface area contributed by atoms with E-state index in [1.54, 1.807) is 31.2 Å². The van der Waals surface area contributed by atoms with Gasteiger partial charge in [0.2, 0.25) is 0 Å². The van der Waals surface area contributed by atoms with Crippen LogP contribution in [-0.2, 0) is 0 Å². The first-order valence-electron chi connectivity index (χ1n) is 6.37. The summed E-state index contributed by atoms with van der Waals surface area (Å²) in [5.74, 6) is -0.0990. The number of aryl methyl sites for hydroxylation is 1. The summed E-state index contributed by atoms with van der Waals surface area (Å²) in [6.07, 6.45) is 0. The van der Waals surface area contributed by atoms with E-state index in [1.165, 1.54) is 19.2 Å². The normalized spacial score (nSPS) is 12.1. The second-order valence-electron chi connectivity index (χ2n) is 4.72. The number of methoxy groups -OCH3 is 1. The van der Waals surface area contributed by atoms with Crippen molar-refractivity contribution in [3.05, 3.63) is 59.2 Å². The van der Waals surface area contributed by atoms with Gasteiger partial charge in [0.05, 0.1) is 13.2 Å². The van der Waals surface area contributed by atoms with Crippen LogP contribution in [0.1, 0.15) is 24.1 Å². The molecule has 0 amide bonds. The highest BCUT2D eigenvalue weighted by molar-refractivity contribution is 5.48. The maximum absolute atomic E-state index is 14.0. The third-order valence-corrected chi connectivity index (χ3v) is 3.22. The lowest BCUT2D eigenvalue weighted by Gasteiger charge is -2.17. The fourth-order valence-corrected chi connectivity index (χ4v) is 2.05. The summed E-state index contributed by atoms with van der Waals surface area (Å²) in [4.78, 5) is 0. The lowest BCUT2D eigenvalue weighted by molar-refractivity contribution is 0.410. The van der Waals surface area contributed by atoms with Gasteiger partial charge in [0.25, 0.3) is 0 Å². The van der Waals surface area contributed by atoms with Crippen LogP contribution in [0.5, 0.6) is 5.75 Å². The fourth-order valence-electron chi connectivity index (χ4n) is 2.05. The van der Waals surface area contributed by atoms with Gasteiger partial charge in [-0.3, -0.25) is 0 Å². The largest absolute Gasteiger partial charge is 0.497 e. The smallest absolute Gasteiger partial charge is 0.132 e. The molecule has 0 bridgehead atoms. The molecule has 0 aliphatic heterocycles. The van der Waals surface area contributed by atoms with Crippen molar-refractivity contribution in [2.45, 2.75) is 19.9 Å². The standard InChI is InChI=1S/C16H17F2NO/c1-10-8-12(4-7-15(10)17)19-11(2)14-6-5-13(20-3)9-16(14)18/h4-9,11,19H,1-3H3. The first-order chi connectivity index (χ1) is 9.51. The highest BCUT2D eigenvalue weighted by Crippen LogP contribution is 2.25. The summed E-state index contributed by atoms with van der Waals surface area (Å²) in [6.45, 7) is 3.54. The molecule has 0 heterocycles. The Morgan fingerprint density at radius 3 is 2.40 bits per heavy atom. The Labute approximate surface area is 117 Å². The van der Waals surface area contributed by atoms with E-state index in [9.17, 15) is 8.78 Å². The van der Waals surface area contributed by atoms with E-state index in [1.807, 2.05) is 6.92 Å². The summed E-state index contributed by atoms with van der Waals surface area (Å²) >= 11 is 0. The average molecular weight is 277 g/mol. The van der Waals surface area contributed by atoms with Crippen molar-refractivity contribution in [3.8, 4) is 5.75 Å². The highest BCUT2D eigenvalue weighted by atomic mass is 19.1. The molecule has 4 heteroatoms. The molecule has 2 aromatic carbocycles. The van der Waals surface area contributed by atoms with Gasteiger partial charge >= 0.3 is 0 Å². The van der Waals surface area contributed by atoms with Crippen LogP contribution in [0, 0.1) is 18.6 Å². The van der Waals surface area contributed by atoms with Crippen molar-refractivity contribution in [1.29, 1.82) is 0 Å². The van der Waals surface area contributed by atoms with Crippen LogP contribution in [0.25, 0.3) is 0 Å². The minimum Gasteiger partial charge on any atom is -0.497 e. The topological polar surface area (TPSA) is 21.3 Å². The molecule has 106 valence electrons. The quantitative estimate of drug-likeness (QED) is 0.891. The molecule has 2 nitrogen and oxygen atoms in total. The molecule has 2 rings (SSSR count). The van der Waals surface area contributed by atoms with E-state index in [0.29, 0.717) is 16.9 Å². The molecular weight excluding hydrogens is 260 g/mol. The molecule has 0 aliphatic carbocycles. The molecule has 0 fully saturated rings. The molecule has 0 saturated carbocycles. The maximum atomic E-state index is 14.0. The van der Waals surface area contributed by atoms with E-state index in [0.717, 1.165) is 5.69 Å². The molecule has 1 atom stereocenters. The zero-order chi connectivity index (χ0) is 14.7. The Kier molecular flexibility index (Phi) is 4.23. The Morgan fingerprint density at radius 1 is 1.05 bits per heavy atom. The van der Waals surface area contributed by atoms with Crippen molar-refractivity contribution in [2.75, 3.05) is 12.4 Å². The van der Waals surface area contributed by atoms with Gasteiger partial charge in [-0.25, -0.2) is 8.78 Å². The summed E-state index contributed by atoms with van der Waals surface area (Å²) < 4.78 is 32.1. The second-order valence-corrected chi connectivity index (χ2v) is 4.72. The summed E-state index contributed by atoms with van der Waals surface area (Å²) in [6, 6.07) is 9.26. The molecule has 20 heavy (non-hydrogen) atoms. The van der Waals surface area contributed by atoms with E-state index in [-0.39, 0.29) is 17.7 Å². The molecule has 1 N–H and O–H groups in total. The monoisotopic (exact) mass is 277 g/mol. The number of benzene rings is 2. The minimum atomic E-state index is -0.330. The Morgan fingerprint density at radius 2 is 1.80 bits per heavy atom. The number of hydrogen-bond acceptors (Lipinski definition) is 2. The van der Waals surface area contributed by atoms with Crippen molar-refractivity contribution in [2.24, 2.45) is 0 Å². The molecule has 0 aromatic heterocycles. The van der Waals surface area contributed by atoms with Crippen LogP contribution >= 0.6 is 0 Å². The predicted molar refractivity (Wildman–Crippen MR) is 76.1 cm³/mol. The van der Waals surface area contributed by atoms with Gasteiger partial charge in [-0.15, -0.1) is 0 Å². The van der Waals surface area contributed by atoms with E-state index in [2.05, 4.69) is 5.32 Å². The van der Waals surface area contributed by atoms with Crippen LogP contribution in [0.3, 0.4) is 0 Å². The SMILES string of the molecule is COc1ccc(C(C)Nc2ccc(F)c(C)c2)c(F)c1. The predicted octanol–water partition coefficient (Wildman–Crippen LogP) is 4.45. The molecule has 0 aliphatic rings. The average Bonchev–Trinajstić information content (AvgIpc) is 2.42. The summed E-state index contributed by atoms with van der Waals surface area (Å²) in [7, 11) is 1.50. The van der Waals surface area contributed by atoms with Crippen molar-refractivity contribution in [3.63, 3.8) is 0 Å². The van der Waals surface area contributed by atoms with Gasteiger partial charge in [-0.2, -0.15) is 0 Å². The van der Waals surface area contributed by atoms with Crippen LogP contribution in [0.2, 0.25) is 0 Å². The van der Waals surface area contributed by atoms with Crippen molar-refractivity contribution >= 4 is 5.69 Å². The van der Waals surface area contributed by atoms with Gasteiger partial charge in [-0.05, 0) is 43.7 Å². The Bertz CT molecular complexity index is 613. The number of anilines is 1. The Balaban J connectivity index is 2.19. The minimum absolute atomic E-state index is 0.231. The first-order valence-corrected chi connectivity index (χ1v) is 6.37. The van der Waals surface area contributed by atoms with Crippen LogP contribution in [0.15, 0.2) is 36.4 Å². The van der Waals surface area contributed by atoms with Gasteiger partial charge in [-0.1, -0.05) is 6.07 Å². The molecule has 0 radical (unpaired) electrons. The van der Waals surface area contributed by atoms with Crippen LogP contribution in [0.4, 0.5) is 14.5 Å². The number of halogens is 2. The zero-order valence-electron chi connectivity index (χ0n) is 11.7.